The number of hydrogen-bond acceptors (Lipinski definition) is 4. The molecule has 1 unspecified atom stereocenters. The van der Waals surface area contributed by atoms with Crippen molar-refractivity contribution < 1.29 is 25.6 Å². The number of primary sulfonamides is 1. The molecule has 0 radical (unpaired) electrons. The van der Waals surface area contributed by atoms with Crippen molar-refractivity contribution in [3.63, 3.8) is 0 Å². The second kappa shape index (κ2) is 6.55. The summed E-state index contributed by atoms with van der Waals surface area (Å²) in [6.07, 6.45) is 0. The van der Waals surface area contributed by atoms with Crippen LogP contribution in [0.1, 0.15) is 18.5 Å². The lowest BCUT2D eigenvalue weighted by Gasteiger charge is -2.15. The molecular weight excluding hydrogens is 362 g/mol. The molecule has 0 amide bonds. The summed E-state index contributed by atoms with van der Waals surface area (Å²) >= 11 is 0. The van der Waals surface area contributed by atoms with E-state index in [1.807, 2.05) is 0 Å². The molecule has 0 aliphatic carbocycles. The van der Waals surface area contributed by atoms with E-state index < -0.39 is 42.6 Å². The summed E-state index contributed by atoms with van der Waals surface area (Å²) in [4.78, 5) is -1.03. The predicted molar refractivity (Wildman–Crippen MR) is 82.9 cm³/mol. The highest BCUT2D eigenvalue weighted by Gasteiger charge is 2.23. The number of hydrogen-bond donors (Lipinski definition) is 2. The van der Waals surface area contributed by atoms with Gasteiger partial charge < -0.3 is 0 Å². The van der Waals surface area contributed by atoms with E-state index in [0.717, 1.165) is 6.07 Å². The summed E-state index contributed by atoms with van der Waals surface area (Å²) in [5.74, 6) is -2.00. The zero-order valence-corrected chi connectivity index (χ0v) is 14.0. The second-order valence-corrected chi connectivity index (χ2v) is 8.28. The standard InChI is InChI=1S/C14H14F2N2O4S2/c1-9(10-3-2-4-12(7-10)23(17,19)20)18-24(21,22)14-8-11(15)5-6-13(14)16/h2-9,18H,1H3,(H2,17,19,20). The van der Waals surface area contributed by atoms with Gasteiger partial charge in [0.25, 0.3) is 0 Å². The van der Waals surface area contributed by atoms with Crippen LogP contribution in [0.3, 0.4) is 0 Å². The highest BCUT2D eigenvalue weighted by Crippen LogP contribution is 2.21. The van der Waals surface area contributed by atoms with Crippen LogP contribution >= 0.6 is 0 Å². The Hall–Kier alpha value is -1.88. The van der Waals surface area contributed by atoms with Crippen molar-refractivity contribution in [2.45, 2.75) is 22.8 Å². The van der Waals surface area contributed by atoms with Gasteiger partial charge in [-0.25, -0.2) is 35.5 Å². The van der Waals surface area contributed by atoms with Crippen molar-refractivity contribution in [2.75, 3.05) is 0 Å². The van der Waals surface area contributed by atoms with Gasteiger partial charge in [-0.15, -0.1) is 0 Å². The fraction of sp³-hybridized carbons (Fsp3) is 0.143. The van der Waals surface area contributed by atoms with Crippen LogP contribution in [-0.4, -0.2) is 16.8 Å². The molecule has 10 heteroatoms. The van der Waals surface area contributed by atoms with Gasteiger partial charge in [-0.1, -0.05) is 12.1 Å². The van der Waals surface area contributed by atoms with Crippen LogP contribution in [-0.2, 0) is 20.0 Å². The molecule has 1 atom stereocenters. The molecule has 0 aliphatic rings. The van der Waals surface area contributed by atoms with Gasteiger partial charge in [0.2, 0.25) is 20.0 Å². The number of rotatable bonds is 5. The topological polar surface area (TPSA) is 106 Å². The third kappa shape index (κ3) is 4.15. The molecule has 0 aliphatic heterocycles. The Morgan fingerprint density at radius 2 is 1.71 bits per heavy atom. The van der Waals surface area contributed by atoms with Gasteiger partial charge in [0.1, 0.15) is 16.5 Å². The van der Waals surface area contributed by atoms with Crippen LogP contribution in [0.25, 0.3) is 0 Å². The average Bonchev–Trinajstić information content (AvgIpc) is 2.48. The van der Waals surface area contributed by atoms with E-state index in [1.54, 1.807) is 0 Å². The van der Waals surface area contributed by atoms with E-state index in [9.17, 15) is 25.6 Å². The van der Waals surface area contributed by atoms with E-state index in [4.69, 9.17) is 5.14 Å². The lowest BCUT2D eigenvalue weighted by Crippen LogP contribution is -2.28. The first-order valence-electron chi connectivity index (χ1n) is 6.61. The molecule has 2 rings (SSSR count). The van der Waals surface area contributed by atoms with E-state index in [1.165, 1.54) is 31.2 Å². The van der Waals surface area contributed by atoms with Crippen LogP contribution in [0.4, 0.5) is 8.78 Å². The molecular formula is C14H14F2N2O4S2. The number of nitrogens with two attached hydrogens (primary N) is 1. The average molecular weight is 376 g/mol. The molecule has 0 fully saturated rings. The lowest BCUT2D eigenvalue weighted by molar-refractivity contribution is 0.538. The maximum Gasteiger partial charge on any atom is 0.244 e. The molecule has 3 N–H and O–H groups in total. The molecule has 0 bridgehead atoms. The molecule has 6 nitrogen and oxygen atoms in total. The summed E-state index contributed by atoms with van der Waals surface area (Å²) in [5, 5.41) is 5.02. The van der Waals surface area contributed by atoms with Crippen LogP contribution < -0.4 is 9.86 Å². The molecule has 130 valence electrons. The summed E-state index contributed by atoms with van der Waals surface area (Å²) < 4.78 is 76.1. The number of sulfonamides is 2. The van der Waals surface area contributed by atoms with Gasteiger partial charge in [-0.05, 0) is 42.8 Å². The fourth-order valence-corrected chi connectivity index (χ4v) is 3.90. The Kier molecular flexibility index (Phi) is 5.04. The van der Waals surface area contributed by atoms with Crippen molar-refractivity contribution >= 4 is 20.0 Å². The Morgan fingerprint density at radius 3 is 2.33 bits per heavy atom. The lowest BCUT2D eigenvalue weighted by atomic mass is 10.1. The highest BCUT2D eigenvalue weighted by molar-refractivity contribution is 7.89. The predicted octanol–water partition coefficient (Wildman–Crippen LogP) is 1.65. The number of benzene rings is 2. The highest BCUT2D eigenvalue weighted by atomic mass is 32.2. The zero-order chi connectivity index (χ0) is 18.1. The molecule has 0 aromatic heterocycles. The monoisotopic (exact) mass is 376 g/mol. The van der Waals surface area contributed by atoms with E-state index in [-0.39, 0.29) is 4.90 Å². The fourth-order valence-electron chi connectivity index (χ4n) is 2.01. The van der Waals surface area contributed by atoms with Crippen LogP contribution in [0.15, 0.2) is 52.3 Å². The third-order valence-corrected chi connectivity index (χ3v) is 5.67. The van der Waals surface area contributed by atoms with Gasteiger partial charge in [-0.3, -0.25) is 0 Å². The third-order valence-electron chi connectivity index (χ3n) is 3.20. The summed E-state index contributed by atoms with van der Waals surface area (Å²) in [7, 11) is -8.31. The zero-order valence-electron chi connectivity index (χ0n) is 12.4. The number of halogens is 2. The molecule has 0 spiro atoms. The SMILES string of the molecule is CC(NS(=O)(=O)c1cc(F)ccc1F)c1cccc(S(N)(=O)=O)c1. The Bertz CT molecular complexity index is 976. The number of nitrogens with one attached hydrogen (secondary N) is 1. The minimum Gasteiger partial charge on any atom is -0.225 e. The minimum atomic E-state index is -4.35. The molecule has 0 saturated carbocycles. The molecule has 0 heterocycles. The van der Waals surface area contributed by atoms with Crippen molar-refractivity contribution in [3.05, 3.63) is 59.7 Å². The molecule has 2 aromatic rings. The van der Waals surface area contributed by atoms with Gasteiger partial charge in [0.05, 0.1) is 4.90 Å². The van der Waals surface area contributed by atoms with E-state index in [2.05, 4.69) is 4.72 Å². The minimum absolute atomic E-state index is 0.192. The molecule has 2 aromatic carbocycles. The normalized spacial score (nSPS) is 13.7. The first kappa shape index (κ1) is 18.5. The Morgan fingerprint density at radius 1 is 1.04 bits per heavy atom. The largest absolute Gasteiger partial charge is 0.244 e. The summed E-state index contributed by atoms with van der Waals surface area (Å²) in [5.41, 5.74) is 0.293. The summed E-state index contributed by atoms with van der Waals surface area (Å²) in [6, 6.07) is 6.48. The van der Waals surface area contributed by atoms with Gasteiger partial charge in [-0.2, -0.15) is 0 Å². The van der Waals surface area contributed by atoms with Gasteiger partial charge in [0, 0.05) is 6.04 Å². The summed E-state index contributed by atoms with van der Waals surface area (Å²) in [6.45, 7) is 1.43. The Balaban J connectivity index is 2.35. The molecule has 0 saturated heterocycles. The van der Waals surface area contributed by atoms with Gasteiger partial charge >= 0.3 is 0 Å². The maximum absolute atomic E-state index is 13.7. The van der Waals surface area contributed by atoms with Crippen molar-refractivity contribution in [3.8, 4) is 0 Å². The smallest absolute Gasteiger partial charge is 0.225 e. The van der Waals surface area contributed by atoms with Crippen molar-refractivity contribution in [2.24, 2.45) is 5.14 Å². The molecule has 24 heavy (non-hydrogen) atoms. The van der Waals surface area contributed by atoms with E-state index in [0.29, 0.717) is 17.7 Å². The van der Waals surface area contributed by atoms with E-state index >= 15 is 0 Å². The van der Waals surface area contributed by atoms with Crippen molar-refractivity contribution in [1.82, 2.24) is 4.72 Å². The quantitative estimate of drug-likeness (QED) is 0.827. The maximum atomic E-state index is 13.7. The first-order valence-corrected chi connectivity index (χ1v) is 9.64. The van der Waals surface area contributed by atoms with Crippen LogP contribution in [0, 0.1) is 11.6 Å². The van der Waals surface area contributed by atoms with Gasteiger partial charge in [0.15, 0.2) is 0 Å². The van der Waals surface area contributed by atoms with Crippen LogP contribution in [0.2, 0.25) is 0 Å². The first-order chi connectivity index (χ1) is 11.0. The van der Waals surface area contributed by atoms with Crippen LogP contribution in [0.5, 0.6) is 0 Å². The van der Waals surface area contributed by atoms with Crippen molar-refractivity contribution in [1.29, 1.82) is 0 Å². The Labute approximate surface area is 138 Å². The second-order valence-electron chi connectivity index (χ2n) is 5.04.